The van der Waals surface area contributed by atoms with Gasteiger partial charge in [-0.2, -0.15) is 0 Å². The Morgan fingerprint density at radius 1 is 0.625 bits per heavy atom. The van der Waals surface area contributed by atoms with E-state index in [4.69, 9.17) is 9.47 Å². The molecule has 0 unspecified atom stereocenters. The molecule has 10 heteroatoms. The largest absolute Gasteiger partial charge is 0.394 e. The number of aliphatic hydroxyl groups is 4. The fourth-order valence-electron chi connectivity index (χ4n) is 6.27. The molecule has 0 aromatic rings. The van der Waals surface area contributed by atoms with Crippen molar-refractivity contribution in [3.63, 3.8) is 0 Å². The lowest BCUT2D eigenvalue weighted by Gasteiger charge is -2.39. The van der Waals surface area contributed by atoms with E-state index in [-0.39, 0.29) is 18.4 Å². The standard InChI is InChI=1S/C38H74N2O8/c1-3-5-7-9-11-13-15-16-17-19-21-23-25-27-33(42)40-31(30-47-38-36(45)35(44)34(43)32(29-41)48-38)37(46)39-28-26-24-22-20-18-14-12-10-8-6-4-2/h31-32,34-36,38,41,43-45H,3-30H2,1-2H3,(H,39,46)(H,40,42)/t31-,32+,34-,35-,36+,38-/m0/s1. The number of hydrogen-bond donors (Lipinski definition) is 6. The van der Waals surface area contributed by atoms with E-state index < -0.39 is 43.4 Å². The van der Waals surface area contributed by atoms with Crippen LogP contribution in [0.4, 0.5) is 0 Å². The number of carbonyl (C=O) groups excluding carboxylic acids is 2. The summed E-state index contributed by atoms with van der Waals surface area (Å²) in [7, 11) is 0. The Hall–Kier alpha value is -1.30. The highest BCUT2D eigenvalue weighted by molar-refractivity contribution is 5.87. The Labute approximate surface area is 292 Å². The van der Waals surface area contributed by atoms with E-state index in [1.807, 2.05) is 0 Å². The summed E-state index contributed by atoms with van der Waals surface area (Å²) in [5, 5.41) is 45.6. The molecule has 284 valence electrons. The maximum atomic E-state index is 13.1. The van der Waals surface area contributed by atoms with Gasteiger partial charge in [-0.1, -0.05) is 155 Å². The first-order valence-corrected chi connectivity index (χ1v) is 19.8. The molecule has 2 amide bonds. The Kier molecular flexibility index (Phi) is 28.4. The molecule has 1 rings (SSSR count). The first-order chi connectivity index (χ1) is 23.3. The van der Waals surface area contributed by atoms with Crippen molar-refractivity contribution in [2.24, 2.45) is 0 Å². The molecule has 48 heavy (non-hydrogen) atoms. The monoisotopic (exact) mass is 687 g/mol. The number of hydrogen-bond acceptors (Lipinski definition) is 8. The number of nitrogens with one attached hydrogen (secondary N) is 2. The molecule has 1 aliphatic rings. The van der Waals surface area contributed by atoms with Gasteiger partial charge in [-0.05, 0) is 12.8 Å². The lowest BCUT2D eigenvalue weighted by molar-refractivity contribution is -0.301. The maximum Gasteiger partial charge on any atom is 0.244 e. The molecule has 1 saturated heterocycles. The maximum absolute atomic E-state index is 13.1. The summed E-state index contributed by atoms with van der Waals surface area (Å²) < 4.78 is 11.1. The molecule has 10 nitrogen and oxygen atoms in total. The minimum absolute atomic E-state index is 0.245. The van der Waals surface area contributed by atoms with Crippen LogP contribution in [0.2, 0.25) is 0 Å². The summed E-state index contributed by atoms with van der Waals surface area (Å²) in [6.45, 7) is 4.09. The van der Waals surface area contributed by atoms with Crippen molar-refractivity contribution in [1.82, 2.24) is 10.6 Å². The zero-order valence-electron chi connectivity index (χ0n) is 30.7. The summed E-state index contributed by atoms with van der Waals surface area (Å²) in [5.74, 6) is -0.629. The third-order valence-electron chi connectivity index (χ3n) is 9.51. The number of amides is 2. The molecule has 0 radical (unpaired) electrons. The summed E-state index contributed by atoms with van der Waals surface area (Å²) in [6.07, 6.45) is 22.3. The first kappa shape index (κ1) is 44.7. The van der Waals surface area contributed by atoms with Crippen LogP contribution in [-0.2, 0) is 19.1 Å². The van der Waals surface area contributed by atoms with Crippen LogP contribution >= 0.6 is 0 Å². The second-order valence-corrected chi connectivity index (χ2v) is 14.0. The van der Waals surface area contributed by atoms with Crippen molar-refractivity contribution in [2.45, 2.75) is 211 Å². The highest BCUT2D eigenvalue weighted by atomic mass is 16.7. The molecule has 0 aromatic carbocycles. The van der Waals surface area contributed by atoms with E-state index in [1.54, 1.807) is 0 Å². The van der Waals surface area contributed by atoms with E-state index in [0.717, 1.165) is 38.5 Å². The average molecular weight is 687 g/mol. The average Bonchev–Trinajstić information content (AvgIpc) is 3.08. The predicted octanol–water partition coefficient (Wildman–Crippen LogP) is 6.20. The van der Waals surface area contributed by atoms with Crippen LogP contribution in [-0.4, -0.2) is 88.7 Å². The number of rotatable bonds is 32. The van der Waals surface area contributed by atoms with Crippen molar-refractivity contribution in [2.75, 3.05) is 19.8 Å². The second-order valence-electron chi connectivity index (χ2n) is 14.0. The first-order valence-electron chi connectivity index (χ1n) is 19.8. The van der Waals surface area contributed by atoms with E-state index >= 15 is 0 Å². The van der Waals surface area contributed by atoms with E-state index in [1.165, 1.54) is 116 Å². The fourth-order valence-corrected chi connectivity index (χ4v) is 6.27. The zero-order valence-corrected chi connectivity index (χ0v) is 30.7. The van der Waals surface area contributed by atoms with Gasteiger partial charge in [0, 0.05) is 13.0 Å². The van der Waals surface area contributed by atoms with Gasteiger partial charge in [0.1, 0.15) is 30.5 Å². The van der Waals surface area contributed by atoms with Gasteiger partial charge in [0.2, 0.25) is 11.8 Å². The van der Waals surface area contributed by atoms with Crippen LogP contribution in [0.25, 0.3) is 0 Å². The van der Waals surface area contributed by atoms with Gasteiger partial charge < -0.3 is 40.5 Å². The van der Waals surface area contributed by atoms with Gasteiger partial charge in [-0.25, -0.2) is 0 Å². The van der Waals surface area contributed by atoms with Crippen molar-refractivity contribution in [3.05, 3.63) is 0 Å². The fraction of sp³-hybridized carbons (Fsp3) is 0.947. The van der Waals surface area contributed by atoms with Crippen LogP contribution in [0.3, 0.4) is 0 Å². The molecule has 1 fully saturated rings. The summed E-state index contributed by atoms with van der Waals surface area (Å²) in [4.78, 5) is 25.9. The third kappa shape index (κ3) is 21.7. The molecule has 1 heterocycles. The predicted molar refractivity (Wildman–Crippen MR) is 191 cm³/mol. The number of carbonyl (C=O) groups is 2. The molecule has 6 atom stereocenters. The molecule has 0 saturated carbocycles. The molecular weight excluding hydrogens is 612 g/mol. The molecule has 0 spiro atoms. The van der Waals surface area contributed by atoms with Crippen molar-refractivity contribution in [3.8, 4) is 0 Å². The van der Waals surface area contributed by atoms with Crippen LogP contribution < -0.4 is 10.6 Å². The summed E-state index contributed by atoms with van der Waals surface area (Å²) in [6, 6.07) is -1.01. The summed E-state index contributed by atoms with van der Waals surface area (Å²) in [5.41, 5.74) is 0. The van der Waals surface area contributed by atoms with Crippen LogP contribution in [0, 0.1) is 0 Å². The molecule has 1 aliphatic heterocycles. The Bertz CT molecular complexity index is 771. The number of aliphatic hydroxyl groups excluding tert-OH is 4. The quantitative estimate of drug-likeness (QED) is 0.0457. The van der Waals surface area contributed by atoms with Gasteiger partial charge in [-0.15, -0.1) is 0 Å². The van der Waals surface area contributed by atoms with Gasteiger partial charge >= 0.3 is 0 Å². The number of unbranched alkanes of at least 4 members (excludes halogenated alkanes) is 22. The smallest absolute Gasteiger partial charge is 0.244 e. The van der Waals surface area contributed by atoms with Crippen LogP contribution in [0.5, 0.6) is 0 Å². The van der Waals surface area contributed by atoms with Crippen molar-refractivity contribution >= 4 is 11.8 Å². The van der Waals surface area contributed by atoms with E-state index in [9.17, 15) is 30.0 Å². The minimum Gasteiger partial charge on any atom is -0.394 e. The number of ether oxygens (including phenoxy) is 2. The van der Waals surface area contributed by atoms with E-state index in [0.29, 0.717) is 13.0 Å². The second kappa shape index (κ2) is 30.5. The molecule has 6 N–H and O–H groups in total. The topological polar surface area (TPSA) is 158 Å². The molecule has 0 aromatic heterocycles. The third-order valence-corrected chi connectivity index (χ3v) is 9.51. The van der Waals surface area contributed by atoms with Gasteiger partial charge in [0.05, 0.1) is 13.2 Å². The molecule has 0 bridgehead atoms. The highest BCUT2D eigenvalue weighted by Gasteiger charge is 2.44. The molecular formula is C38H74N2O8. The Morgan fingerprint density at radius 2 is 1.06 bits per heavy atom. The van der Waals surface area contributed by atoms with Crippen LogP contribution in [0.1, 0.15) is 174 Å². The zero-order chi connectivity index (χ0) is 35.2. The summed E-state index contributed by atoms with van der Waals surface area (Å²) >= 11 is 0. The van der Waals surface area contributed by atoms with Gasteiger partial charge in [-0.3, -0.25) is 9.59 Å². The highest BCUT2D eigenvalue weighted by Crippen LogP contribution is 2.22. The van der Waals surface area contributed by atoms with E-state index in [2.05, 4.69) is 24.5 Å². The van der Waals surface area contributed by atoms with Crippen molar-refractivity contribution in [1.29, 1.82) is 0 Å². The molecule has 0 aliphatic carbocycles. The van der Waals surface area contributed by atoms with Crippen molar-refractivity contribution < 1.29 is 39.5 Å². The normalized spacial score (nSPS) is 21.7. The lowest BCUT2D eigenvalue weighted by atomic mass is 9.99. The Morgan fingerprint density at radius 3 is 1.52 bits per heavy atom. The van der Waals surface area contributed by atoms with Gasteiger partial charge in [0.25, 0.3) is 0 Å². The van der Waals surface area contributed by atoms with Crippen LogP contribution in [0.15, 0.2) is 0 Å². The minimum atomic E-state index is -1.58. The SMILES string of the molecule is CCCCCCCCCCCCCCCC(=O)N[C@@H](CO[C@H]1O[C@H](CO)[C@H](O)[C@H](O)[C@H]1O)C(=O)NCCCCCCCCCCCCC. The lowest BCUT2D eigenvalue weighted by Crippen LogP contribution is -2.60. The Balaban J connectivity index is 2.40. The van der Waals surface area contributed by atoms with Gasteiger partial charge in [0.15, 0.2) is 6.29 Å².